The molecule has 0 fully saturated rings. The van der Waals surface area contributed by atoms with E-state index in [0.29, 0.717) is 6.92 Å². The second-order valence-corrected chi connectivity index (χ2v) is 4.30. The quantitative estimate of drug-likeness (QED) is 0.651. The number of carbonyl (C=O) groups is 1. The smallest absolute Gasteiger partial charge is 0.415 e. The third kappa shape index (κ3) is 3.40. The van der Waals surface area contributed by atoms with Crippen LogP contribution in [-0.4, -0.2) is 29.7 Å². The Balaban J connectivity index is 3.07. The highest BCUT2D eigenvalue weighted by Crippen LogP contribution is 2.32. The molecule has 1 unspecified atom stereocenters. The van der Waals surface area contributed by atoms with Crippen molar-refractivity contribution in [1.29, 1.82) is 0 Å². The van der Waals surface area contributed by atoms with Crippen LogP contribution in [0.25, 0.3) is 0 Å². The molecule has 0 aliphatic rings. The van der Waals surface area contributed by atoms with Gasteiger partial charge in [0.05, 0.1) is 12.0 Å². The normalized spacial score (nSPS) is 14.2. The molecule has 0 aliphatic heterocycles. The molecule has 7 nitrogen and oxygen atoms in total. The van der Waals surface area contributed by atoms with Crippen LogP contribution in [0.1, 0.15) is 6.92 Å². The van der Waals surface area contributed by atoms with Crippen molar-refractivity contribution in [2.45, 2.75) is 18.6 Å². The van der Waals surface area contributed by atoms with Crippen molar-refractivity contribution in [3.8, 4) is 5.75 Å². The number of hydrogen-bond donors (Lipinski definition) is 2. The number of methoxy groups -OCH3 is 1. The average Bonchev–Trinajstić information content (AvgIpc) is 2.37. The predicted octanol–water partition coefficient (Wildman–Crippen LogP) is 1.82. The number of anilines is 1. The molecule has 1 aromatic rings. The minimum absolute atomic E-state index is 0.0932. The van der Waals surface area contributed by atoms with Gasteiger partial charge in [0, 0.05) is 11.8 Å². The van der Waals surface area contributed by atoms with Crippen LogP contribution in [0.15, 0.2) is 18.2 Å². The van der Waals surface area contributed by atoms with Crippen LogP contribution >= 0.6 is 0 Å². The van der Waals surface area contributed by atoms with Crippen LogP contribution in [0.4, 0.5) is 24.5 Å². The number of carbonyl (C=O) groups excluding carboxylic acids is 1. The molecule has 21 heavy (non-hydrogen) atoms. The lowest BCUT2D eigenvalue weighted by Crippen LogP contribution is -2.59. The Labute approximate surface area is 117 Å². The zero-order valence-corrected chi connectivity index (χ0v) is 11.0. The molecule has 1 atom stereocenters. The van der Waals surface area contributed by atoms with Gasteiger partial charge < -0.3 is 15.8 Å². The summed E-state index contributed by atoms with van der Waals surface area (Å²) >= 11 is 0. The van der Waals surface area contributed by atoms with Crippen LogP contribution in [-0.2, 0) is 4.79 Å². The van der Waals surface area contributed by atoms with Gasteiger partial charge in [-0.15, -0.1) is 0 Å². The van der Waals surface area contributed by atoms with Crippen LogP contribution in [0, 0.1) is 10.1 Å². The van der Waals surface area contributed by atoms with Gasteiger partial charge in [-0.3, -0.25) is 14.9 Å². The van der Waals surface area contributed by atoms with Crippen LogP contribution in [0.2, 0.25) is 0 Å². The number of nitrogens with zero attached hydrogens (tertiary/aromatic N) is 1. The lowest BCUT2D eigenvalue weighted by Gasteiger charge is -2.26. The van der Waals surface area contributed by atoms with E-state index in [9.17, 15) is 28.1 Å². The highest BCUT2D eigenvalue weighted by Gasteiger charge is 2.54. The zero-order valence-electron chi connectivity index (χ0n) is 11.0. The molecule has 10 heteroatoms. The molecule has 116 valence electrons. The molecule has 0 spiro atoms. The third-order valence-electron chi connectivity index (χ3n) is 2.69. The molecule has 1 rings (SSSR count). The number of nitro benzene ring substituents is 1. The molecule has 0 saturated heterocycles. The lowest BCUT2D eigenvalue weighted by molar-refractivity contribution is -0.385. The van der Waals surface area contributed by atoms with Gasteiger partial charge in [-0.2, -0.15) is 13.2 Å². The Morgan fingerprint density at radius 2 is 2.00 bits per heavy atom. The number of benzene rings is 1. The first-order valence-electron chi connectivity index (χ1n) is 5.50. The SMILES string of the molecule is COc1ccc(NC(=O)C(C)(N)C(F)(F)F)cc1[N+](=O)[O-]. The summed E-state index contributed by atoms with van der Waals surface area (Å²) in [5.41, 5.74) is 1.12. The zero-order chi connectivity index (χ0) is 16.4. The first kappa shape index (κ1) is 16.7. The summed E-state index contributed by atoms with van der Waals surface area (Å²) in [5.74, 6) is -1.63. The topological polar surface area (TPSA) is 107 Å². The fourth-order valence-corrected chi connectivity index (χ4v) is 1.30. The Hall–Kier alpha value is -2.36. The molecule has 3 N–H and O–H groups in total. The molecule has 0 aromatic heterocycles. The molecule has 0 bridgehead atoms. The second-order valence-electron chi connectivity index (χ2n) is 4.30. The number of alkyl halides is 3. The average molecular weight is 307 g/mol. The van der Waals surface area contributed by atoms with Crippen molar-refractivity contribution in [1.82, 2.24) is 0 Å². The summed E-state index contributed by atoms with van der Waals surface area (Å²) in [6.45, 7) is 0.500. The number of halogens is 3. The second kappa shape index (κ2) is 5.56. The van der Waals surface area contributed by atoms with Crippen molar-refractivity contribution in [2.24, 2.45) is 5.73 Å². The molecule has 0 saturated carbocycles. The number of hydrogen-bond acceptors (Lipinski definition) is 5. The Morgan fingerprint density at radius 1 is 1.43 bits per heavy atom. The Bertz CT molecular complexity index is 572. The number of ether oxygens (including phenoxy) is 1. The Kier molecular flexibility index (Phi) is 4.42. The van der Waals surface area contributed by atoms with E-state index in [1.165, 1.54) is 7.11 Å². The Morgan fingerprint density at radius 3 is 2.43 bits per heavy atom. The number of nitrogens with one attached hydrogen (secondary N) is 1. The van der Waals surface area contributed by atoms with E-state index >= 15 is 0 Å². The van der Waals surface area contributed by atoms with E-state index in [0.717, 1.165) is 18.2 Å². The minimum Gasteiger partial charge on any atom is -0.490 e. The summed E-state index contributed by atoms with van der Waals surface area (Å²) in [7, 11) is 1.20. The maximum Gasteiger partial charge on any atom is 0.415 e. The summed E-state index contributed by atoms with van der Waals surface area (Å²) in [5, 5.41) is 12.7. The predicted molar refractivity (Wildman–Crippen MR) is 66.9 cm³/mol. The lowest BCUT2D eigenvalue weighted by atomic mass is 10.0. The van der Waals surface area contributed by atoms with Crippen molar-refractivity contribution < 1.29 is 27.6 Å². The van der Waals surface area contributed by atoms with Gasteiger partial charge >= 0.3 is 11.9 Å². The van der Waals surface area contributed by atoms with E-state index in [-0.39, 0.29) is 11.4 Å². The van der Waals surface area contributed by atoms with Gasteiger partial charge in [0.25, 0.3) is 5.91 Å². The monoisotopic (exact) mass is 307 g/mol. The van der Waals surface area contributed by atoms with E-state index in [1.54, 1.807) is 0 Å². The van der Waals surface area contributed by atoms with Crippen molar-refractivity contribution in [3.63, 3.8) is 0 Å². The van der Waals surface area contributed by atoms with Gasteiger partial charge in [-0.05, 0) is 19.1 Å². The number of nitro groups is 1. The van der Waals surface area contributed by atoms with Crippen LogP contribution in [0.5, 0.6) is 5.75 Å². The largest absolute Gasteiger partial charge is 0.490 e. The maximum absolute atomic E-state index is 12.6. The maximum atomic E-state index is 12.6. The minimum atomic E-state index is -4.96. The van der Waals surface area contributed by atoms with Crippen molar-refractivity contribution in [3.05, 3.63) is 28.3 Å². The standard InChI is InChI=1S/C11H12F3N3O4/c1-10(15,11(12,13)14)9(18)16-6-3-4-8(21-2)7(5-6)17(19)20/h3-5H,15H2,1-2H3,(H,16,18). The fourth-order valence-electron chi connectivity index (χ4n) is 1.30. The van der Waals surface area contributed by atoms with E-state index in [2.05, 4.69) is 0 Å². The molecule has 0 heterocycles. The van der Waals surface area contributed by atoms with Crippen LogP contribution in [0.3, 0.4) is 0 Å². The van der Waals surface area contributed by atoms with Gasteiger partial charge in [0.2, 0.25) is 0 Å². The van der Waals surface area contributed by atoms with Gasteiger partial charge in [-0.1, -0.05) is 0 Å². The summed E-state index contributed by atoms with van der Waals surface area (Å²) in [6.07, 6.45) is -4.96. The van der Waals surface area contributed by atoms with E-state index < -0.39 is 28.2 Å². The van der Waals surface area contributed by atoms with Crippen molar-refractivity contribution >= 4 is 17.3 Å². The molecule has 1 amide bonds. The van der Waals surface area contributed by atoms with Crippen LogP contribution < -0.4 is 15.8 Å². The molecule has 0 radical (unpaired) electrons. The van der Waals surface area contributed by atoms with Gasteiger partial charge in [0.1, 0.15) is 0 Å². The summed E-state index contributed by atoms with van der Waals surface area (Å²) < 4.78 is 42.5. The van der Waals surface area contributed by atoms with Crippen molar-refractivity contribution in [2.75, 3.05) is 12.4 Å². The fraction of sp³-hybridized carbons (Fsp3) is 0.364. The first-order chi connectivity index (χ1) is 9.50. The molecular weight excluding hydrogens is 295 g/mol. The van der Waals surface area contributed by atoms with E-state index in [1.807, 2.05) is 5.32 Å². The third-order valence-corrected chi connectivity index (χ3v) is 2.69. The molecule has 0 aliphatic carbocycles. The van der Waals surface area contributed by atoms with E-state index in [4.69, 9.17) is 10.5 Å². The van der Waals surface area contributed by atoms with Gasteiger partial charge in [0.15, 0.2) is 11.3 Å². The molecular formula is C11H12F3N3O4. The molecule has 1 aromatic carbocycles. The summed E-state index contributed by atoms with van der Waals surface area (Å²) in [6, 6.07) is 3.19. The number of nitrogens with two attached hydrogens (primary N) is 1. The number of amides is 1. The first-order valence-corrected chi connectivity index (χ1v) is 5.50. The summed E-state index contributed by atoms with van der Waals surface area (Å²) in [4.78, 5) is 21.6. The number of rotatable bonds is 4. The van der Waals surface area contributed by atoms with Gasteiger partial charge in [-0.25, -0.2) is 0 Å². The highest BCUT2D eigenvalue weighted by atomic mass is 19.4. The highest BCUT2D eigenvalue weighted by molar-refractivity contribution is 5.98.